The molecule has 0 rings (SSSR count). The first kappa shape index (κ1) is 16.4. The second-order valence-corrected chi connectivity index (χ2v) is 5.43. The molecular weight excluding hydrogens is 212 g/mol. The van der Waals surface area contributed by atoms with Gasteiger partial charge in [-0.2, -0.15) is 0 Å². The van der Waals surface area contributed by atoms with E-state index in [1.54, 1.807) is 0 Å². The number of hydrogen-bond donors (Lipinski definition) is 2. The minimum atomic E-state index is -0.176. The van der Waals surface area contributed by atoms with Crippen LogP contribution in [-0.2, 0) is 4.74 Å². The first-order chi connectivity index (χ1) is 8.00. The molecule has 0 aromatic carbocycles. The molecule has 0 atom stereocenters. The van der Waals surface area contributed by atoms with Crippen molar-refractivity contribution in [2.75, 3.05) is 13.2 Å². The Morgan fingerprint density at radius 2 is 1.65 bits per heavy atom. The molecule has 0 bridgehead atoms. The van der Waals surface area contributed by atoms with Crippen LogP contribution in [0.3, 0.4) is 0 Å². The van der Waals surface area contributed by atoms with Crippen molar-refractivity contribution in [1.29, 1.82) is 5.41 Å². The van der Waals surface area contributed by atoms with E-state index < -0.39 is 0 Å². The lowest BCUT2D eigenvalue weighted by atomic mass is 9.87. The van der Waals surface area contributed by atoms with Crippen LogP contribution < -0.4 is 5.73 Å². The Morgan fingerprint density at radius 1 is 1.06 bits per heavy atom. The summed E-state index contributed by atoms with van der Waals surface area (Å²) in [5.74, 6) is 0.275. The average molecular weight is 242 g/mol. The van der Waals surface area contributed by atoms with E-state index in [2.05, 4.69) is 6.92 Å². The molecular formula is C14H30N2O. The van der Waals surface area contributed by atoms with Crippen molar-refractivity contribution in [3.05, 3.63) is 0 Å². The van der Waals surface area contributed by atoms with Gasteiger partial charge in [0.1, 0.15) is 0 Å². The van der Waals surface area contributed by atoms with Crippen LogP contribution in [0.15, 0.2) is 0 Å². The predicted octanol–water partition coefficient (Wildman–Crippen LogP) is 3.72. The van der Waals surface area contributed by atoms with Crippen LogP contribution in [0.25, 0.3) is 0 Å². The molecule has 0 amide bonds. The topological polar surface area (TPSA) is 59.1 Å². The van der Waals surface area contributed by atoms with E-state index in [9.17, 15) is 0 Å². The molecule has 0 aliphatic rings. The molecule has 0 fully saturated rings. The van der Waals surface area contributed by atoms with E-state index in [0.29, 0.717) is 0 Å². The number of unbranched alkanes of at least 4 members (excludes halogenated alkanes) is 4. The standard InChI is InChI=1S/C14H30N2O/c1-4-5-6-7-8-11-17-12-9-10-14(2,3)13(15)16/h4-12H2,1-3H3,(H3,15,16). The van der Waals surface area contributed by atoms with Crippen molar-refractivity contribution < 1.29 is 4.74 Å². The van der Waals surface area contributed by atoms with Gasteiger partial charge in [-0.05, 0) is 19.3 Å². The lowest BCUT2D eigenvalue weighted by molar-refractivity contribution is 0.121. The maximum Gasteiger partial charge on any atom is 0.0963 e. The van der Waals surface area contributed by atoms with Crippen molar-refractivity contribution in [3.8, 4) is 0 Å². The zero-order chi connectivity index (χ0) is 13.1. The zero-order valence-corrected chi connectivity index (χ0v) is 11.8. The number of nitrogens with one attached hydrogen (secondary N) is 1. The van der Waals surface area contributed by atoms with E-state index in [4.69, 9.17) is 15.9 Å². The van der Waals surface area contributed by atoms with Crippen LogP contribution in [0.5, 0.6) is 0 Å². The van der Waals surface area contributed by atoms with Crippen LogP contribution >= 0.6 is 0 Å². The van der Waals surface area contributed by atoms with Gasteiger partial charge < -0.3 is 10.5 Å². The Balaban J connectivity index is 3.27. The second-order valence-electron chi connectivity index (χ2n) is 5.43. The van der Waals surface area contributed by atoms with Crippen LogP contribution in [0.2, 0.25) is 0 Å². The lowest BCUT2D eigenvalue weighted by Gasteiger charge is -2.22. The van der Waals surface area contributed by atoms with Gasteiger partial charge in [-0.3, -0.25) is 5.41 Å². The summed E-state index contributed by atoms with van der Waals surface area (Å²) in [5.41, 5.74) is 5.35. The van der Waals surface area contributed by atoms with Crippen LogP contribution in [0.4, 0.5) is 0 Å². The molecule has 0 aliphatic carbocycles. The SMILES string of the molecule is CCCCCCCOCCCC(C)(C)C(=N)N. The van der Waals surface area contributed by atoms with Crippen molar-refractivity contribution >= 4 is 5.84 Å². The molecule has 3 nitrogen and oxygen atoms in total. The number of hydrogen-bond acceptors (Lipinski definition) is 2. The van der Waals surface area contributed by atoms with E-state index in [1.807, 2.05) is 13.8 Å². The molecule has 0 aromatic rings. The average Bonchev–Trinajstić information content (AvgIpc) is 2.26. The Bertz CT molecular complexity index is 202. The first-order valence-electron chi connectivity index (χ1n) is 6.93. The monoisotopic (exact) mass is 242 g/mol. The van der Waals surface area contributed by atoms with Gasteiger partial charge in [0.25, 0.3) is 0 Å². The Labute approximate surface area is 107 Å². The summed E-state index contributed by atoms with van der Waals surface area (Å²) < 4.78 is 5.58. The van der Waals surface area contributed by atoms with Gasteiger partial charge in [0.2, 0.25) is 0 Å². The third kappa shape index (κ3) is 9.16. The zero-order valence-electron chi connectivity index (χ0n) is 11.8. The fraction of sp³-hybridized carbons (Fsp3) is 0.929. The fourth-order valence-corrected chi connectivity index (χ4v) is 1.66. The third-order valence-corrected chi connectivity index (χ3v) is 3.21. The summed E-state index contributed by atoms with van der Waals surface area (Å²) in [6.07, 6.45) is 8.34. The van der Waals surface area contributed by atoms with Gasteiger partial charge in [-0.15, -0.1) is 0 Å². The number of nitrogens with two attached hydrogens (primary N) is 1. The Morgan fingerprint density at radius 3 is 2.24 bits per heavy atom. The quantitative estimate of drug-likeness (QED) is 0.329. The van der Waals surface area contributed by atoms with Gasteiger partial charge in [0.15, 0.2) is 0 Å². The van der Waals surface area contributed by atoms with Crippen LogP contribution in [-0.4, -0.2) is 19.0 Å². The highest BCUT2D eigenvalue weighted by molar-refractivity contribution is 5.82. The smallest absolute Gasteiger partial charge is 0.0963 e. The number of amidine groups is 1. The van der Waals surface area contributed by atoms with Gasteiger partial charge in [-0.1, -0.05) is 46.5 Å². The molecule has 17 heavy (non-hydrogen) atoms. The van der Waals surface area contributed by atoms with Gasteiger partial charge in [0.05, 0.1) is 5.84 Å². The Kier molecular flexibility index (Phi) is 9.14. The second kappa shape index (κ2) is 9.46. The molecule has 0 unspecified atom stereocenters. The molecule has 102 valence electrons. The minimum absolute atomic E-state index is 0.176. The van der Waals surface area contributed by atoms with Crippen molar-refractivity contribution in [2.24, 2.45) is 11.1 Å². The van der Waals surface area contributed by atoms with E-state index >= 15 is 0 Å². The number of rotatable bonds is 11. The first-order valence-corrected chi connectivity index (χ1v) is 6.93. The van der Waals surface area contributed by atoms with Gasteiger partial charge >= 0.3 is 0 Å². The molecule has 0 aliphatic heterocycles. The number of ether oxygens (including phenoxy) is 1. The summed E-state index contributed by atoms with van der Waals surface area (Å²) in [6.45, 7) is 7.93. The molecule has 3 N–H and O–H groups in total. The Hall–Kier alpha value is -0.570. The molecule has 0 aromatic heterocycles. The molecule has 0 radical (unpaired) electrons. The minimum Gasteiger partial charge on any atom is -0.387 e. The van der Waals surface area contributed by atoms with Gasteiger partial charge in [0, 0.05) is 18.6 Å². The van der Waals surface area contributed by atoms with E-state index in [1.165, 1.54) is 32.1 Å². The third-order valence-electron chi connectivity index (χ3n) is 3.21. The summed E-state index contributed by atoms with van der Waals surface area (Å²) >= 11 is 0. The molecule has 3 heteroatoms. The maximum absolute atomic E-state index is 7.44. The van der Waals surface area contributed by atoms with Gasteiger partial charge in [-0.25, -0.2) is 0 Å². The van der Waals surface area contributed by atoms with E-state index in [-0.39, 0.29) is 11.3 Å². The lowest BCUT2D eigenvalue weighted by Crippen LogP contribution is -2.31. The predicted molar refractivity (Wildman–Crippen MR) is 74.5 cm³/mol. The fourth-order valence-electron chi connectivity index (χ4n) is 1.66. The largest absolute Gasteiger partial charge is 0.387 e. The van der Waals surface area contributed by atoms with Crippen LogP contribution in [0, 0.1) is 10.8 Å². The highest BCUT2D eigenvalue weighted by Gasteiger charge is 2.20. The highest BCUT2D eigenvalue weighted by atomic mass is 16.5. The normalized spacial score (nSPS) is 11.7. The van der Waals surface area contributed by atoms with Crippen LogP contribution in [0.1, 0.15) is 65.7 Å². The summed E-state index contributed by atoms with van der Waals surface area (Å²) in [4.78, 5) is 0. The summed E-state index contributed by atoms with van der Waals surface area (Å²) in [6, 6.07) is 0. The van der Waals surface area contributed by atoms with Crippen molar-refractivity contribution in [3.63, 3.8) is 0 Å². The summed E-state index contributed by atoms with van der Waals surface area (Å²) in [7, 11) is 0. The van der Waals surface area contributed by atoms with Crippen molar-refractivity contribution in [2.45, 2.75) is 65.7 Å². The summed E-state index contributed by atoms with van der Waals surface area (Å²) in [5, 5.41) is 7.44. The molecule has 0 heterocycles. The molecule has 0 spiro atoms. The van der Waals surface area contributed by atoms with E-state index in [0.717, 1.165) is 26.1 Å². The maximum atomic E-state index is 7.44. The highest BCUT2D eigenvalue weighted by Crippen LogP contribution is 2.21. The molecule has 0 saturated heterocycles. The van der Waals surface area contributed by atoms with Crippen molar-refractivity contribution in [1.82, 2.24) is 0 Å². The molecule has 0 saturated carbocycles.